The first-order valence-electron chi connectivity index (χ1n) is 5.53. The van der Waals surface area contributed by atoms with Crippen molar-refractivity contribution in [1.82, 2.24) is 14.7 Å². The second-order valence-electron chi connectivity index (χ2n) is 4.24. The van der Waals surface area contributed by atoms with Crippen molar-refractivity contribution in [3.05, 3.63) is 18.6 Å². The molecule has 1 fully saturated rings. The SMILES string of the molecule is CS(=O)(=O)NC1CCCN(c2cnccn2)C1. The maximum atomic E-state index is 11.2. The first-order chi connectivity index (χ1) is 8.04. The van der Waals surface area contributed by atoms with E-state index in [2.05, 4.69) is 19.6 Å². The van der Waals surface area contributed by atoms with Crippen LogP contribution in [0.4, 0.5) is 5.82 Å². The predicted molar refractivity (Wildman–Crippen MR) is 65.2 cm³/mol. The monoisotopic (exact) mass is 256 g/mol. The van der Waals surface area contributed by atoms with Gasteiger partial charge in [-0.05, 0) is 12.8 Å². The highest BCUT2D eigenvalue weighted by molar-refractivity contribution is 7.88. The average Bonchev–Trinajstić information content (AvgIpc) is 2.28. The van der Waals surface area contributed by atoms with E-state index in [9.17, 15) is 8.42 Å². The Hall–Kier alpha value is -1.21. The van der Waals surface area contributed by atoms with Crippen molar-refractivity contribution in [2.24, 2.45) is 0 Å². The Morgan fingerprint density at radius 3 is 2.94 bits per heavy atom. The lowest BCUT2D eigenvalue weighted by Gasteiger charge is -2.33. The second-order valence-corrected chi connectivity index (χ2v) is 6.02. The maximum absolute atomic E-state index is 11.2. The van der Waals surface area contributed by atoms with Crippen LogP contribution in [0, 0.1) is 0 Å². The summed E-state index contributed by atoms with van der Waals surface area (Å²) < 4.78 is 25.0. The Balaban J connectivity index is 2.03. The molecule has 6 nitrogen and oxygen atoms in total. The lowest BCUT2D eigenvalue weighted by atomic mass is 10.1. The van der Waals surface area contributed by atoms with Crippen molar-refractivity contribution in [3.63, 3.8) is 0 Å². The summed E-state index contributed by atoms with van der Waals surface area (Å²) in [5.41, 5.74) is 0. The summed E-state index contributed by atoms with van der Waals surface area (Å²) in [6.45, 7) is 1.53. The first-order valence-corrected chi connectivity index (χ1v) is 7.42. The Labute approximate surface area is 101 Å². The van der Waals surface area contributed by atoms with Gasteiger partial charge in [-0.25, -0.2) is 18.1 Å². The normalized spacial score (nSPS) is 21.5. The van der Waals surface area contributed by atoms with E-state index in [1.165, 1.54) is 6.26 Å². The minimum atomic E-state index is -3.14. The number of aromatic nitrogens is 2. The highest BCUT2D eigenvalue weighted by atomic mass is 32.2. The summed E-state index contributed by atoms with van der Waals surface area (Å²) in [4.78, 5) is 10.3. The number of nitrogens with zero attached hydrogens (tertiary/aromatic N) is 3. The van der Waals surface area contributed by atoms with Crippen LogP contribution >= 0.6 is 0 Å². The fourth-order valence-corrected chi connectivity index (χ4v) is 2.84. The van der Waals surface area contributed by atoms with Crippen LogP contribution in [0.3, 0.4) is 0 Å². The van der Waals surface area contributed by atoms with Crippen molar-refractivity contribution in [1.29, 1.82) is 0 Å². The third kappa shape index (κ3) is 3.64. The van der Waals surface area contributed by atoms with Crippen LogP contribution in [0.1, 0.15) is 12.8 Å². The van der Waals surface area contributed by atoms with Gasteiger partial charge in [0, 0.05) is 31.5 Å². The van der Waals surface area contributed by atoms with E-state index in [0.717, 1.165) is 25.2 Å². The molecule has 1 aromatic heterocycles. The van der Waals surface area contributed by atoms with E-state index in [0.29, 0.717) is 6.54 Å². The van der Waals surface area contributed by atoms with Crippen LogP contribution < -0.4 is 9.62 Å². The quantitative estimate of drug-likeness (QED) is 0.823. The lowest BCUT2D eigenvalue weighted by molar-refractivity contribution is 0.465. The van der Waals surface area contributed by atoms with Crippen LogP contribution in [-0.4, -0.2) is 43.8 Å². The van der Waals surface area contributed by atoms with Crippen LogP contribution in [0.25, 0.3) is 0 Å². The zero-order valence-electron chi connectivity index (χ0n) is 9.70. The molecule has 1 unspecified atom stereocenters. The van der Waals surface area contributed by atoms with E-state index in [1.54, 1.807) is 18.6 Å². The van der Waals surface area contributed by atoms with Gasteiger partial charge in [-0.3, -0.25) is 4.98 Å². The Morgan fingerprint density at radius 2 is 2.29 bits per heavy atom. The molecule has 17 heavy (non-hydrogen) atoms. The van der Waals surface area contributed by atoms with Gasteiger partial charge in [0.05, 0.1) is 12.5 Å². The fourth-order valence-electron chi connectivity index (χ4n) is 2.04. The van der Waals surface area contributed by atoms with Gasteiger partial charge in [-0.2, -0.15) is 0 Å². The van der Waals surface area contributed by atoms with Gasteiger partial charge < -0.3 is 4.90 Å². The standard InChI is InChI=1S/C10H16N4O2S/c1-17(15,16)13-9-3-2-6-14(8-9)10-7-11-4-5-12-10/h4-5,7,9,13H,2-3,6,8H2,1H3. The van der Waals surface area contributed by atoms with Gasteiger partial charge in [0.2, 0.25) is 10.0 Å². The summed E-state index contributed by atoms with van der Waals surface area (Å²) in [6.07, 6.45) is 7.97. The third-order valence-electron chi connectivity index (χ3n) is 2.68. The van der Waals surface area contributed by atoms with Crippen molar-refractivity contribution >= 4 is 15.8 Å². The van der Waals surface area contributed by atoms with Gasteiger partial charge in [0.1, 0.15) is 5.82 Å². The van der Waals surface area contributed by atoms with Gasteiger partial charge in [-0.15, -0.1) is 0 Å². The summed E-state index contributed by atoms with van der Waals surface area (Å²) in [5.74, 6) is 0.799. The highest BCUT2D eigenvalue weighted by Gasteiger charge is 2.23. The molecule has 0 aromatic carbocycles. The second kappa shape index (κ2) is 4.97. The van der Waals surface area contributed by atoms with E-state index in [-0.39, 0.29) is 6.04 Å². The molecule has 7 heteroatoms. The third-order valence-corrected chi connectivity index (χ3v) is 3.44. The molecule has 0 radical (unpaired) electrons. The molecular weight excluding hydrogens is 240 g/mol. The maximum Gasteiger partial charge on any atom is 0.209 e. The molecule has 0 bridgehead atoms. The Bertz CT molecular complexity index is 462. The van der Waals surface area contributed by atoms with Crippen molar-refractivity contribution < 1.29 is 8.42 Å². The molecule has 2 rings (SSSR count). The average molecular weight is 256 g/mol. The topological polar surface area (TPSA) is 75.2 Å². The number of sulfonamides is 1. The summed E-state index contributed by atoms with van der Waals surface area (Å²) in [7, 11) is -3.14. The summed E-state index contributed by atoms with van der Waals surface area (Å²) in [6, 6.07) is -0.0410. The van der Waals surface area contributed by atoms with Crippen LogP contribution in [0.15, 0.2) is 18.6 Å². The summed E-state index contributed by atoms with van der Waals surface area (Å²) in [5, 5.41) is 0. The fraction of sp³-hybridized carbons (Fsp3) is 0.600. The number of hydrogen-bond acceptors (Lipinski definition) is 5. The van der Waals surface area contributed by atoms with Crippen molar-refractivity contribution in [3.8, 4) is 0 Å². The van der Waals surface area contributed by atoms with Gasteiger partial charge in [0.25, 0.3) is 0 Å². The first kappa shape index (κ1) is 12.3. The molecule has 94 valence electrons. The van der Waals surface area contributed by atoms with E-state index in [4.69, 9.17) is 0 Å². The molecule has 1 aliphatic heterocycles. The molecule has 1 N–H and O–H groups in total. The molecule has 0 aliphatic carbocycles. The smallest absolute Gasteiger partial charge is 0.209 e. The van der Waals surface area contributed by atoms with E-state index < -0.39 is 10.0 Å². The molecule has 2 heterocycles. The van der Waals surface area contributed by atoms with Crippen LogP contribution in [-0.2, 0) is 10.0 Å². The molecule has 0 saturated carbocycles. The number of piperidine rings is 1. The molecule has 0 amide bonds. The van der Waals surface area contributed by atoms with E-state index >= 15 is 0 Å². The number of hydrogen-bond donors (Lipinski definition) is 1. The van der Waals surface area contributed by atoms with Crippen LogP contribution in [0.2, 0.25) is 0 Å². The van der Waals surface area contributed by atoms with Crippen LogP contribution in [0.5, 0.6) is 0 Å². The largest absolute Gasteiger partial charge is 0.354 e. The van der Waals surface area contributed by atoms with Gasteiger partial charge >= 0.3 is 0 Å². The molecule has 1 saturated heterocycles. The molecule has 1 atom stereocenters. The van der Waals surface area contributed by atoms with Crippen molar-refractivity contribution in [2.75, 3.05) is 24.2 Å². The number of nitrogens with one attached hydrogen (secondary N) is 1. The molecule has 1 aromatic rings. The zero-order chi connectivity index (χ0) is 12.3. The molecule has 0 spiro atoms. The van der Waals surface area contributed by atoms with Crippen molar-refractivity contribution in [2.45, 2.75) is 18.9 Å². The van der Waals surface area contributed by atoms with E-state index in [1.807, 2.05) is 0 Å². The molecular formula is C10H16N4O2S. The highest BCUT2D eigenvalue weighted by Crippen LogP contribution is 2.16. The summed E-state index contributed by atoms with van der Waals surface area (Å²) >= 11 is 0. The Morgan fingerprint density at radius 1 is 1.47 bits per heavy atom. The predicted octanol–water partition coefficient (Wildman–Crippen LogP) is -0.00540. The van der Waals surface area contributed by atoms with Gasteiger partial charge in [0.15, 0.2) is 0 Å². The minimum Gasteiger partial charge on any atom is -0.354 e. The number of rotatable bonds is 3. The zero-order valence-corrected chi connectivity index (χ0v) is 10.5. The van der Waals surface area contributed by atoms with Gasteiger partial charge in [-0.1, -0.05) is 0 Å². The Kier molecular flexibility index (Phi) is 3.58. The lowest BCUT2D eigenvalue weighted by Crippen LogP contribution is -2.47. The number of anilines is 1. The molecule has 1 aliphatic rings. The minimum absolute atomic E-state index is 0.0410.